The second-order valence-corrected chi connectivity index (χ2v) is 5.93. The number of hydrogen-bond acceptors (Lipinski definition) is 4. The van der Waals surface area contributed by atoms with Gasteiger partial charge in [0.15, 0.2) is 23.3 Å². The number of para-hydroxylation sites is 2. The Bertz CT molecular complexity index is 847. The van der Waals surface area contributed by atoms with Gasteiger partial charge in [0.1, 0.15) is 0 Å². The van der Waals surface area contributed by atoms with Crippen molar-refractivity contribution in [3.05, 3.63) is 53.8 Å². The van der Waals surface area contributed by atoms with Crippen molar-refractivity contribution in [3.8, 4) is 5.75 Å². The number of benzene rings is 2. The monoisotopic (exact) mass is 330 g/mol. The molecule has 0 saturated carbocycles. The van der Waals surface area contributed by atoms with Gasteiger partial charge in [-0.2, -0.15) is 0 Å². The Balaban J connectivity index is 1.67. The van der Waals surface area contributed by atoms with Crippen LogP contribution in [0.2, 0.25) is 0 Å². The van der Waals surface area contributed by atoms with E-state index in [1.165, 1.54) is 23.5 Å². The topological polar surface area (TPSA) is 51.2 Å². The number of rotatable bonds is 5. The van der Waals surface area contributed by atoms with Crippen LogP contribution in [-0.2, 0) is 11.2 Å². The number of anilines is 1. The van der Waals surface area contributed by atoms with Crippen molar-refractivity contribution < 1.29 is 13.9 Å². The lowest BCUT2D eigenvalue weighted by molar-refractivity contribution is -0.118. The standard InChI is InChI=1S/C17H15FN2O2S/c1-2-11-6-5-9-14-16(11)20-17(23-14)19-15(21)10-22-13-8-4-3-7-12(13)18/h3-9H,2,10H2,1H3,(H,19,20,21). The van der Waals surface area contributed by atoms with Crippen molar-refractivity contribution in [3.63, 3.8) is 0 Å². The molecule has 2 aromatic carbocycles. The van der Waals surface area contributed by atoms with Gasteiger partial charge in [0, 0.05) is 0 Å². The normalized spacial score (nSPS) is 10.7. The molecule has 0 spiro atoms. The van der Waals surface area contributed by atoms with E-state index >= 15 is 0 Å². The van der Waals surface area contributed by atoms with Crippen LogP contribution in [0.1, 0.15) is 12.5 Å². The summed E-state index contributed by atoms with van der Waals surface area (Å²) in [7, 11) is 0. The van der Waals surface area contributed by atoms with Crippen LogP contribution in [0.5, 0.6) is 5.75 Å². The summed E-state index contributed by atoms with van der Waals surface area (Å²) in [5, 5.41) is 3.21. The van der Waals surface area contributed by atoms with Crippen LogP contribution in [0.3, 0.4) is 0 Å². The van der Waals surface area contributed by atoms with E-state index in [9.17, 15) is 9.18 Å². The summed E-state index contributed by atoms with van der Waals surface area (Å²) in [6.07, 6.45) is 0.880. The number of fused-ring (bicyclic) bond motifs is 1. The van der Waals surface area contributed by atoms with E-state index in [0.29, 0.717) is 5.13 Å². The highest BCUT2D eigenvalue weighted by atomic mass is 32.1. The number of aromatic nitrogens is 1. The summed E-state index contributed by atoms with van der Waals surface area (Å²) in [5.74, 6) is -0.807. The van der Waals surface area contributed by atoms with Crippen LogP contribution in [0.15, 0.2) is 42.5 Å². The SMILES string of the molecule is CCc1cccc2sc(NC(=O)COc3ccccc3F)nc12. The van der Waals surface area contributed by atoms with E-state index < -0.39 is 5.82 Å². The summed E-state index contributed by atoms with van der Waals surface area (Å²) in [6, 6.07) is 11.9. The molecular weight excluding hydrogens is 315 g/mol. The molecule has 0 fully saturated rings. The molecule has 6 heteroatoms. The lowest BCUT2D eigenvalue weighted by atomic mass is 10.1. The molecule has 0 bridgehead atoms. The van der Waals surface area contributed by atoms with Crippen LogP contribution in [0, 0.1) is 5.82 Å². The molecule has 1 aromatic heterocycles. The number of nitrogens with one attached hydrogen (secondary N) is 1. The first kappa shape index (κ1) is 15.4. The Morgan fingerprint density at radius 1 is 1.26 bits per heavy atom. The molecule has 23 heavy (non-hydrogen) atoms. The fraction of sp³-hybridized carbons (Fsp3) is 0.176. The molecule has 0 radical (unpaired) electrons. The van der Waals surface area contributed by atoms with Gasteiger partial charge >= 0.3 is 0 Å². The van der Waals surface area contributed by atoms with Crippen molar-refractivity contribution in [1.82, 2.24) is 4.98 Å². The van der Waals surface area contributed by atoms with E-state index in [-0.39, 0.29) is 18.3 Å². The van der Waals surface area contributed by atoms with Crippen LogP contribution < -0.4 is 10.1 Å². The highest BCUT2D eigenvalue weighted by molar-refractivity contribution is 7.22. The number of carbonyl (C=O) groups excluding carboxylic acids is 1. The van der Waals surface area contributed by atoms with E-state index in [4.69, 9.17) is 4.74 Å². The van der Waals surface area contributed by atoms with Gasteiger partial charge in [-0.1, -0.05) is 42.5 Å². The molecule has 3 aromatic rings. The lowest BCUT2D eigenvalue weighted by Crippen LogP contribution is -2.20. The van der Waals surface area contributed by atoms with Gasteiger partial charge in [-0.25, -0.2) is 9.37 Å². The fourth-order valence-corrected chi connectivity index (χ4v) is 3.13. The van der Waals surface area contributed by atoms with Crippen molar-refractivity contribution in [2.45, 2.75) is 13.3 Å². The molecular formula is C17H15FN2O2S. The summed E-state index contributed by atoms with van der Waals surface area (Å²) in [4.78, 5) is 16.4. The molecule has 0 aliphatic rings. The minimum absolute atomic E-state index is 0.0558. The van der Waals surface area contributed by atoms with Crippen LogP contribution in [-0.4, -0.2) is 17.5 Å². The molecule has 3 rings (SSSR count). The molecule has 0 aliphatic heterocycles. The van der Waals surface area contributed by atoms with Gasteiger partial charge in [-0.15, -0.1) is 0 Å². The zero-order valence-corrected chi connectivity index (χ0v) is 13.3. The number of halogens is 1. The van der Waals surface area contributed by atoms with Gasteiger partial charge in [0.2, 0.25) is 0 Å². The average Bonchev–Trinajstić information content (AvgIpc) is 2.96. The molecule has 0 unspecified atom stereocenters. The zero-order chi connectivity index (χ0) is 16.2. The molecule has 0 atom stereocenters. The minimum Gasteiger partial charge on any atom is -0.481 e. The summed E-state index contributed by atoms with van der Waals surface area (Å²) < 4.78 is 19.6. The van der Waals surface area contributed by atoms with Crippen LogP contribution >= 0.6 is 11.3 Å². The Kier molecular flexibility index (Phi) is 4.52. The Morgan fingerprint density at radius 3 is 2.87 bits per heavy atom. The smallest absolute Gasteiger partial charge is 0.264 e. The van der Waals surface area contributed by atoms with Gasteiger partial charge in [-0.3, -0.25) is 10.1 Å². The van der Waals surface area contributed by atoms with Gasteiger partial charge < -0.3 is 4.74 Å². The number of ether oxygens (including phenoxy) is 1. The number of amides is 1. The van der Waals surface area contributed by atoms with Crippen molar-refractivity contribution in [2.75, 3.05) is 11.9 Å². The van der Waals surface area contributed by atoms with E-state index in [1.807, 2.05) is 18.2 Å². The lowest BCUT2D eigenvalue weighted by Gasteiger charge is -2.06. The molecule has 0 saturated heterocycles. The van der Waals surface area contributed by atoms with Crippen molar-refractivity contribution in [2.24, 2.45) is 0 Å². The third kappa shape index (κ3) is 3.48. The molecule has 1 amide bonds. The Morgan fingerprint density at radius 2 is 2.09 bits per heavy atom. The first-order valence-corrected chi connectivity index (χ1v) is 8.04. The number of aryl methyl sites for hydroxylation is 1. The second-order valence-electron chi connectivity index (χ2n) is 4.90. The van der Waals surface area contributed by atoms with Gasteiger partial charge in [-0.05, 0) is 30.2 Å². The molecule has 4 nitrogen and oxygen atoms in total. The molecule has 0 aliphatic carbocycles. The number of thiazole rings is 1. The maximum Gasteiger partial charge on any atom is 0.264 e. The maximum atomic E-state index is 13.4. The highest BCUT2D eigenvalue weighted by Crippen LogP contribution is 2.28. The first-order chi connectivity index (χ1) is 11.2. The highest BCUT2D eigenvalue weighted by Gasteiger charge is 2.11. The number of hydrogen-bond donors (Lipinski definition) is 1. The molecule has 1 heterocycles. The van der Waals surface area contributed by atoms with Gasteiger partial charge in [0.05, 0.1) is 10.2 Å². The maximum absolute atomic E-state index is 13.4. The van der Waals surface area contributed by atoms with Crippen molar-refractivity contribution >= 4 is 32.6 Å². The van der Waals surface area contributed by atoms with Crippen LogP contribution in [0.4, 0.5) is 9.52 Å². The van der Waals surface area contributed by atoms with E-state index in [1.54, 1.807) is 12.1 Å². The van der Waals surface area contributed by atoms with Crippen molar-refractivity contribution in [1.29, 1.82) is 0 Å². The first-order valence-electron chi connectivity index (χ1n) is 7.23. The summed E-state index contributed by atoms with van der Waals surface area (Å²) in [6.45, 7) is 1.80. The summed E-state index contributed by atoms with van der Waals surface area (Å²) >= 11 is 1.41. The summed E-state index contributed by atoms with van der Waals surface area (Å²) in [5.41, 5.74) is 2.05. The Labute approximate surface area is 136 Å². The fourth-order valence-electron chi connectivity index (χ4n) is 2.20. The van der Waals surface area contributed by atoms with Crippen LogP contribution in [0.25, 0.3) is 10.2 Å². The molecule has 118 valence electrons. The minimum atomic E-state index is -0.493. The quantitative estimate of drug-likeness (QED) is 0.769. The number of nitrogens with zero attached hydrogens (tertiary/aromatic N) is 1. The average molecular weight is 330 g/mol. The molecule has 1 N–H and O–H groups in total. The number of carbonyl (C=O) groups is 1. The largest absolute Gasteiger partial charge is 0.481 e. The zero-order valence-electron chi connectivity index (χ0n) is 12.5. The van der Waals surface area contributed by atoms with E-state index in [2.05, 4.69) is 17.2 Å². The van der Waals surface area contributed by atoms with E-state index in [0.717, 1.165) is 22.2 Å². The Hall–Kier alpha value is -2.47. The predicted octanol–water partition coefficient (Wildman–Crippen LogP) is 4.02. The third-order valence-corrected chi connectivity index (χ3v) is 4.26. The predicted molar refractivity (Wildman–Crippen MR) is 89.5 cm³/mol. The van der Waals surface area contributed by atoms with Gasteiger partial charge in [0.25, 0.3) is 5.91 Å². The third-order valence-electron chi connectivity index (χ3n) is 3.33. The second kappa shape index (κ2) is 6.75.